The standard InChI is InChI=1S/C10H13NO2S/c1-14-11-10-4-2-3-9(7-10)8-13-6-5-12/h2-5,7,11H,6,8H2,1H3. The zero-order valence-electron chi connectivity index (χ0n) is 8.03. The van der Waals surface area contributed by atoms with Crippen LogP contribution < -0.4 is 4.72 Å². The van der Waals surface area contributed by atoms with Crippen LogP contribution in [-0.2, 0) is 16.1 Å². The van der Waals surface area contributed by atoms with Gasteiger partial charge in [-0.2, -0.15) is 0 Å². The lowest BCUT2D eigenvalue weighted by Crippen LogP contribution is -1.96. The second-order valence-electron chi connectivity index (χ2n) is 2.69. The van der Waals surface area contributed by atoms with Crippen LogP contribution in [0.1, 0.15) is 5.56 Å². The predicted molar refractivity (Wildman–Crippen MR) is 59.3 cm³/mol. The molecule has 0 spiro atoms. The zero-order valence-corrected chi connectivity index (χ0v) is 8.84. The molecule has 0 atom stereocenters. The summed E-state index contributed by atoms with van der Waals surface area (Å²) < 4.78 is 8.23. The third-order valence-electron chi connectivity index (χ3n) is 1.60. The van der Waals surface area contributed by atoms with Crippen molar-refractivity contribution in [3.05, 3.63) is 29.8 Å². The Kier molecular flexibility index (Phi) is 5.11. The molecule has 0 heterocycles. The van der Waals surface area contributed by atoms with E-state index in [9.17, 15) is 4.79 Å². The molecule has 14 heavy (non-hydrogen) atoms. The van der Waals surface area contributed by atoms with Gasteiger partial charge in [0.1, 0.15) is 12.9 Å². The third kappa shape index (κ3) is 3.81. The number of aldehydes is 1. The minimum Gasteiger partial charge on any atom is -0.369 e. The molecule has 1 aromatic carbocycles. The molecule has 0 radical (unpaired) electrons. The second kappa shape index (κ2) is 6.45. The predicted octanol–water partition coefficient (Wildman–Crippen LogP) is 2.09. The minimum atomic E-state index is 0.153. The molecule has 0 aliphatic carbocycles. The maximum atomic E-state index is 10.0. The van der Waals surface area contributed by atoms with Crippen LogP contribution in [0.5, 0.6) is 0 Å². The van der Waals surface area contributed by atoms with Crippen molar-refractivity contribution >= 4 is 23.9 Å². The van der Waals surface area contributed by atoms with Crippen molar-refractivity contribution in [2.75, 3.05) is 17.6 Å². The highest BCUT2D eigenvalue weighted by Crippen LogP contribution is 2.13. The number of rotatable bonds is 6. The van der Waals surface area contributed by atoms with E-state index in [0.717, 1.165) is 17.5 Å². The largest absolute Gasteiger partial charge is 0.369 e. The summed E-state index contributed by atoms with van der Waals surface area (Å²) >= 11 is 1.54. The Hall–Kier alpha value is -1.00. The monoisotopic (exact) mass is 211 g/mol. The first-order valence-electron chi connectivity index (χ1n) is 4.26. The van der Waals surface area contributed by atoms with Gasteiger partial charge >= 0.3 is 0 Å². The van der Waals surface area contributed by atoms with Crippen LogP contribution in [0.2, 0.25) is 0 Å². The van der Waals surface area contributed by atoms with Gasteiger partial charge in [-0.15, -0.1) is 0 Å². The normalized spacial score (nSPS) is 9.79. The van der Waals surface area contributed by atoms with E-state index < -0.39 is 0 Å². The number of benzene rings is 1. The average Bonchev–Trinajstić information content (AvgIpc) is 2.19. The Morgan fingerprint density at radius 2 is 2.43 bits per heavy atom. The van der Waals surface area contributed by atoms with Crippen molar-refractivity contribution in [2.24, 2.45) is 0 Å². The van der Waals surface area contributed by atoms with E-state index >= 15 is 0 Å². The lowest BCUT2D eigenvalue weighted by molar-refractivity contribution is -0.112. The molecule has 0 aliphatic heterocycles. The van der Waals surface area contributed by atoms with Crippen molar-refractivity contribution in [1.29, 1.82) is 0 Å². The van der Waals surface area contributed by atoms with Crippen molar-refractivity contribution in [1.82, 2.24) is 0 Å². The highest BCUT2D eigenvalue weighted by molar-refractivity contribution is 7.99. The van der Waals surface area contributed by atoms with Gasteiger partial charge in [0.05, 0.1) is 6.61 Å². The summed E-state index contributed by atoms with van der Waals surface area (Å²) in [5.74, 6) is 0. The Balaban J connectivity index is 2.50. The summed E-state index contributed by atoms with van der Waals surface area (Å²) in [6.07, 6.45) is 2.72. The minimum absolute atomic E-state index is 0.153. The lowest BCUT2D eigenvalue weighted by atomic mass is 10.2. The second-order valence-corrected chi connectivity index (χ2v) is 3.30. The Labute approximate surface area is 88.0 Å². The highest BCUT2D eigenvalue weighted by atomic mass is 32.2. The number of carbonyl (C=O) groups is 1. The van der Waals surface area contributed by atoms with Crippen LogP contribution in [-0.4, -0.2) is 19.1 Å². The van der Waals surface area contributed by atoms with E-state index in [1.54, 1.807) is 11.9 Å². The first kappa shape index (κ1) is 11.1. The summed E-state index contributed by atoms with van der Waals surface area (Å²) in [5, 5.41) is 0. The molecule has 0 amide bonds. The smallest absolute Gasteiger partial charge is 0.145 e. The molecule has 1 rings (SSSR count). The Bertz CT molecular complexity index is 291. The first-order valence-corrected chi connectivity index (χ1v) is 5.48. The number of carbonyl (C=O) groups excluding carboxylic acids is 1. The molecule has 0 saturated heterocycles. The van der Waals surface area contributed by atoms with Crippen LogP contribution in [0, 0.1) is 0 Å². The lowest BCUT2D eigenvalue weighted by Gasteiger charge is -2.05. The summed E-state index contributed by atoms with van der Waals surface area (Å²) in [6, 6.07) is 7.91. The first-order chi connectivity index (χ1) is 6.86. The van der Waals surface area contributed by atoms with Gasteiger partial charge in [-0.3, -0.25) is 0 Å². The molecule has 0 bridgehead atoms. The van der Waals surface area contributed by atoms with E-state index in [2.05, 4.69) is 4.72 Å². The van der Waals surface area contributed by atoms with Crippen LogP contribution in [0.15, 0.2) is 24.3 Å². The SMILES string of the molecule is CSNc1cccc(COCC=O)c1. The van der Waals surface area contributed by atoms with Crippen LogP contribution in [0.25, 0.3) is 0 Å². The average molecular weight is 211 g/mol. The zero-order chi connectivity index (χ0) is 10.2. The molecule has 0 fully saturated rings. The van der Waals surface area contributed by atoms with Crippen LogP contribution in [0.4, 0.5) is 5.69 Å². The molecule has 4 heteroatoms. The third-order valence-corrected chi connectivity index (χ3v) is 2.04. The molecule has 0 saturated carbocycles. The molecular formula is C10H13NO2S. The maximum absolute atomic E-state index is 10.0. The Morgan fingerprint density at radius 1 is 1.57 bits per heavy atom. The van der Waals surface area contributed by atoms with Gasteiger partial charge in [-0.25, -0.2) is 0 Å². The molecule has 3 nitrogen and oxygen atoms in total. The van der Waals surface area contributed by atoms with E-state index in [0.29, 0.717) is 6.61 Å². The quantitative estimate of drug-likeness (QED) is 0.444. The molecule has 76 valence electrons. The fourth-order valence-corrected chi connectivity index (χ4v) is 1.43. The van der Waals surface area contributed by atoms with Gasteiger partial charge in [0.2, 0.25) is 0 Å². The molecule has 0 aromatic heterocycles. The van der Waals surface area contributed by atoms with Gasteiger partial charge < -0.3 is 14.3 Å². The number of anilines is 1. The number of ether oxygens (including phenoxy) is 1. The van der Waals surface area contributed by atoms with Crippen molar-refractivity contribution < 1.29 is 9.53 Å². The van der Waals surface area contributed by atoms with Gasteiger partial charge in [0, 0.05) is 11.9 Å². The van der Waals surface area contributed by atoms with Gasteiger partial charge in [-0.05, 0) is 17.7 Å². The van der Waals surface area contributed by atoms with Crippen molar-refractivity contribution in [3.63, 3.8) is 0 Å². The van der Waals surface area contributed by atoms with Gasteiger partial charge in [0.15, 0.2) is 0 Å². The molecular weight excluding hydrogens is 198 g/mol. The van der Waals surface area contributed by atoms with Crippen LogP contribution >= 0.6 is 11.9 Å². The molecule has 0 aliphatic rings. The van der Waals surface area contributed by atoms with Crippen molar-refractivity contribution in [2.45, 2.75) is 6.61 Å². The maximum Gasteiger partial charge on any atom is 0.145 e. The number of hydrogen-bond donors (Lipinski definition) is 1. The number of hydrogen-bond acceptors (Lipinski definition) is 4. The van der Waals surface area contributed by atoms with Gasteiger partial charge in [-0.1, -0.05) is 24.1 Å². The molecule has 1 aromatic rings. The van der Waals surface area contributed by atoms with E-state index in [4.69, 9.17) is 4.74 Å². The van der Waals surface area contributed by atoms with Gasteiger partial charge in [0.25, 0.3) is 0 Å². The summed E-state index contributed by atoms with van der Waals surface area (Å²) in [5.41, 5.74) is 2.11. The fourth-order valence-electron chi connectivity index (χ4n) is 1.07. The molecule has 1 N–H and O–H groups in total. The number of nitrogens with one attached hydrogen (secondary N) is 1. The van der Waals surface area contributed by atoms with Crippen LogP contribution in [0.3, 0.4) is 0 Å². The highest BCUT2D eigenvalue weighted by Gasteiger charge is 1.95. The summed E-state index contributed by atoms with van der Waals surface area (Å²) in [4.78, 5) is 10.0. The van der Waals surface area contributed by atoms with E-state index in [1.165, 1.54) is 0 Å². The van der Waals surface area contributed by atoms with Crippen molar-refractivity contribution in [3.8, 4) is 0 Å². The topological polar surface area (TPSA) is 38.3 Å². The fraction of sp³-hybridized carbons (Fsp3) is 0.300. The summed E-state index contributed by atoms with van der Waals surface area (Å²) in [7, 11) is 0. The Morgan fingerprint density at radius 3 is 3.14 bits per heavy atom. The van der Waals surface area contributed by atoms with E-state index in [1.807, 2.05) is 30.5 Å². The summed E-state index contributed by atoms with van der Waals surface area (Å²) in [6.45, 7) is 0.628. The molecule has 0 unspecified atom stereocenters. The van der Waals surface area contributed by atoms with E-state index in [-0.39, 0.29) is 6.61 Å².